The van der Waals surface area contributed by atoms with E-state index in [1.165, 1.54) is 5.56 Å². The van der Waals surface area contributed by atoms with Crippen LogP contribution in [0.25, 0.3) is 0 Å². The van der Waals surface area contributed by atoms with Gasteiger partial charge in [0.15, 0.2) is 6.54 Å². The maximum atomic E-state index is 12.3. The molecule has 0 radical (unpaired) electrons. The van der Waals surface area contributed by atoms with Gasteiger partial charge in [-0.15, -0.1) is 0 Å². The lowest BCUT2D eigenvalue weighted by Crippen LogP contribution is -3.14. The van der Waals surface area contributed by atoms with Crippen molar-refractivity contribution in [3.05, 3.63) is 28.8 Å². The molecule has 1 heterocycles. The first-order valence-electron chi connectivity index (χ1n) is 7.87. The van der Waals surface area contributed by atoms with Crippen LogP contribution >= 0.6 is 0 Å². The molecule has 5 heteroatoms. The first kappa shape index (κ1) is 16.5. The summed E-state index contributed by atoms with van der Waals surface area (Å²) < 4.78 is 0. The smallest absolute Gasteiger partial charge is 0.279 e. The zero-order chi connectivity index (χ0) is 16.3. The van der Waals surface area contributed by atoms with Crippen LogP contribution in [-0.4, -0.2) is 31.4 Å². The third kappa shape index (κ3) is 4.07. The number of hydrogen-bond donors (Lipinski definition) is 3. The van der Waals surface area contributed by atoms with Crippen molar-refractivity contribution < 1.29 is 14.5 Å². The average molecular weight is 304 g/mol. The molecule has 2 amide bonds. The van der Waals surface area contributed by atoms with E-state index in [2.05, 4.69) is 17.4 Å². The number of carbonyl (C=O) groups is 2. The highest BCUT2D eigenvalue weighted by Gasteiger charge is 2.28. The Morgan fingerprint density at radius 2 is 1.91 bits per heavy atom. The van der Waals surface area contributed by atoms with Crippen molar-refractivity contribution in [2.45, 2.75) is 33.6 Å². The highest BCUT2D eigenvalue weighted by molar-refractivity contribution is 5.93. The van der Waals surface area contributed by atoms with Gasteiger partial charge in [0.05, 0.1) is 19.0 Å². The Balaban J connectivity index is 1.97. The summed E-state index contributed by atoms with van der Waals surface area (Å²) in [6.45, 7) is 8.03. The lowest BCUT2D eigenvalue weighted by molar-refractivity contribution is -0.899. The van der Waals surface area contributed by atoms with Gasteiger partial charge in [0.25, 0.3) is 5.91 Å². The van der Waals surface area contributed by atoms with Gasteiger partial charge in [0.1, 0.15) is 0 Å². The van der Waals surface area contributed by atoms with Crippen molar-refractivity contribution in [2.24, 2.45) is 11.7 Å². The zero-order valence-electron chi connectivity index (χ0n) is 13.7. The standard InChI is InChI=1S/C17H25N3O2/c1-11-7-12(2)16(13(3)8-11)19-15(21)10-20-6-4-5-14(9-20)17(18)22/h7-8,14H,4-6,9-10H2,1-3H3,(H2,18,22)(H,19,21)/p+1/t14-/m0/s1. The Labute approximate surface area is 131 Å². The molecule has 0 bridgehead atoms. The topological polar surface area (TPSA) is 76.6 Å². The molecule has 1 aliphatic rings. The Morgan fingerprint density at radius 3 is 2.50 bits per heavy atom. The number of aryl methyl sites for hydroxylation is 3. The number of hydrogen-bond acceptors (Lipinski definition) is 2. The lowest BCUT2D eigenvalue weighted by atomic mass is 9.97. The summed E-state index contributed by atoms with van der Waals surface area (Å²) in [5, 5.41) is 3.02. The van der Waals surface area contributed by atoms with Gasteiger partial charge in [-0.25, -0.2) is 0 Å². The van der Waals surface area contributed by atoms with Crippen molar-refractivity contribution >= 4 is 17.5 Å². The van der Waals surface area contributed by atoms with E-state index in [9.17, 15) is 9.59 Å². The van der Waals surface area contributed by atoms with Crippen LogP contribution in [-0.2, 0) is 9.59 Å². The maximum absolute atomic E-state index is 12.3. The van der Waals surface area contributed by atoms with Gasteiger partial charge >= 0.3 is 0 Å². The Hall–Kier alpha value is -1.88. The van der Waals surface area contributed by atoms with Gasteiger partial charge in [-0.05, 0) is 44.7 Å². The molecular weight excluding hydrogens is 278 g/mol. The van der Waals surface area contributed by atoms with Crippen molar-refractivity contribution in [3.8, 4) is 0 Å². The third-order valence-electron chi connectivity index (χ3n) is 4.37. The summed E-state index contributed by atoms with van der Waals surface area (Å²) in [6.07, 6.45) is 1.79. The summed E-state index contributed by atoms with van der Waals surface area (Å²) >= 11 is 0. The highest BCUT2D eigenvalue weighted by atomic mass is 16.2. The summed E-state index contributed by atoms with van der Waals surface area (Å²) in [7, 11) is 0. The summed E-state index contributed by atoms with van der Waals surface area (Å²) in [6, 6.07) is 4.14. The van der Waals surface area contributed by atoms with Gasteiger partial charge in [-0.3, -0.25) is 9.59 Å². The molecule has 2 rings (SSSR count). The third-order valence-corrected chi connectivity index (χ3v) is 4.37. The zero-order valence-corrected chi connectivity index (χ0v) is 13.7. The monoisotopic (exact) mass is 304 g/mol. The summed E-state index contributed by atoms with van der Waals surface area (Å²) in [5.74, 6) is -0.350. The van der Waals surface area contributed by atoms with Crippen LogP contribution < -0.4 is 16.0 Å². The Bertz CT molecular complexity index is 560. The van der Waals surface area contributed by atoms with E-state index >= 15 is 0 Å². The van der Waals surface area contributed by atoms with Crippen LogP contribution in [0, 0.1) is 26.7 Å². The minimum absolute atomic E-state index is 0.00447. The molecule has 0 aliphatic carbocycles. The number of quaternary nitrogens is 1. The largest absolute Gasteiger partial charge is 0.369 e. The molecular formula is C17H26N3O2+. The summed E-state index contributed by atoms with van der Waals surface area (Å²) in [5.41, 5.74) is 9.64. The van der Waals surface area contributed by atoms with Crippen LogP contribution in [0.15, 0.2) is 12.1 Å². The van der Waals surface area contributed by atoms with Gasteiger partial charge in [0.2, 0.25) is 5.91 Å². The van der Waals surface area contributed by atoms with Gasteiger partial charge in [0, 0.05) is 5.69 Å². The number of anilines is 1. The van der Waals surface area contributed by atoms with E-state index in [0.717, 1.165) is 41.1 Å². The van der Waals surface area contributed by atoms with E-state index in [1.807, 2.05) is 20.8 Å². The van der Waals surface area contributed by atoms with Crippen molar-refractivity contribution in [1.29, 1.82) is 0 Å². The molecule has 2 atom stereocenters. The average Bonchev–Trinajstić information content (AvgIpc) is 2.43. The number of piperidine rings is 1. The number of nitrogens with two attached hydrogens (primary N) is 1. The van der Waals surface area contributed by atoms with Crippen molar-refractivity contribution in [2.75, 3.05) is 25.0 Å². The lowest BCUT2D eigenvalue weighted by Gasteiger charge is -2.27. The normalized spacial score (nSPS) is 21.4. The molecule has 1 saturated heterocycles. The number of nitrogens with one attached hydrogen (secondary N) is 2. The second-order valence-corrected chi connectivity index (χ2v) is 6.44. The molecule has 4 N–H and O–H groups in total. The minimum Gasteiger partial charge on any atom is -0.369 e. The number of likely N-dealkylation sites (tertiary alicyclic amines) is 1. The SMILES string of the molecule is Cc1cc(C)c(NC(=O)C[NH+]2CCC[C@H](C(N)=O)C2)c(C)c1. The van der Waals surface area contributed by atoms with Gasteiger partial charge in [-0.2, -0.15) is 0 Å². The number of amides is 2. The molecule has 1 unspecified atom stereocenters. The predicted molar refractivity (Wildman–Crippen MR) is 86.8 cm³/mol. The van der Waals surface area contributed by atoms with Crippen LogP contribution in [0.1, 0.15) is 29.5 Å². The van der Waals surface area contributed by atoms with E-state index in [4.69, 9.17) is 5.73 Å². The predicted octanol–water partition coefficient (Wildman–Crippen LogP) is 0.331. The van der Waals surface area contributed by atoms with Gasteiger partial charge < -0.3 is 16.0 Å². The molecule has 1 aromatic rings. The van der Waals surface area contributed by atoms with Crippen LogP contribution in [0.4, 0.5) is 5.69 Å². The molecule has 1 aliphatic heterocycles. The fraction of sp³-hybridized carbons (Fsp3) is 0.529. The molecule has 0 aromatic heterocycles. The fourth-order valence-electron chi connectivity index (χ4n) is 3.34. The summed E-state index contributed by atoms with van der Waals surface area (Å²) in [4.78, 5) is 24.7. The molecule has 120 valence electrons. The molecule has 1 fully saturated rings. The fourth-order valence-corrected chi connectivity index (χ4v) is 3.34. The van der Waals surface area contributed by atoms with Crippen LogP contribution in [0.2, 0.25) is 0 Å². The van der Waals surface area contributed by atoms with E-state index in [0.29, 0.717) is 13.1 Å². The first-order valence-corrected chi connectivity index (χ1v) is 7.87. The highest BCUT2D eigenvalue weighted by Crippen LogP contribution is 2.21. The first-order chi connectivity index (χ1) is 10.4. The van der Waals surface area contributed by atoms with Crippen molar-refractivity contribution in [1.82, 2.24) is 0 Å². The second kappa shape index (κ2) is 6.92. The molecule has 1 aromatic carbocycles. The molecule has 0 spiro atoms. The number of benzene rings is 1. The number of primary amides is 1. The van der Waals surface area contributed by atoms with Crippen LogP contribution in [0.3, 0.4) is 0 Å². The number of carbonyl (C=O) groups excluding carboxylic acids is 2. The van der Waals surface area contributed by atoms with E-state index in [1.54, 1.807) is 0 Å². The van der Waals surface area contributed by atoms with Gasteiger partial charge in [-0.1, -0.05) is 17.7 Å². The quantitative estimate of drug-likeness (QED) is 0.750. The Morgan fingerprint density at radius 1 is 1.27 bits per heavy atom. The molecule has 0 saturated carbocycles. The van der Waals surface area contributed by atoms with Crippen molar-refractivity contribution in [3.63, 3.8) is 0 Å². The molecule has 22 heavy (non-hydrogen) atoms. The maximum Gasteiger partial charge on any atom is 0.279 e. The Kier molecular flexibility index (Phi) is 5.19. The van der Waals surface area contributed by atoms with Crippen LogP contribution in [0.5, 0.6) is 0 Å². The second-order valence-electron chi connectivity index (χ2n) is 6.44. The number of rotatable bonds is 4. The van der Waals surface area contributed by atoms with E-state index in [-0.39, 0.29) is 17.7 Å². The minimum atomic E-state index is -0.247. The van der Waals surface area contributed by atoms with E-state index < -0.39 is 0 Å². The molecule has 5 nitrogen and oxygen atoms in total.